The van der Waals surface area contributed by atoms with Crippen LogP contribution in [0.2, 0.25) is 5.28 Å². The van der Waals surface area contributed by atoms with Gasteiger partial charge in [-0.25, -0.2) is 0 Å². The summed E-state index contributed by atoms with van der Waals surface area (Å²) in [7, 11) is 4.56. The van der Waals surface area contributed by atoms with Crippen LogP contribution in [0, 0.1) is 0 Å². The van der Waals surface area contributed by atoms with Gasteiger partial charge in [-0.3, -0.25) is 0 Å². The summed E-state index contributed by atoms with van der Waals surface area (Å²) in [5.74, 6) is 0. The number of rotatable bonds is 4. The third-order valence-electron chi connectivity index (χ3n) is 0.915. The zero-order valence-corrected chi connectivity index (χ0v) is 7.14. The zero-order valence-electron chi connectivity index (χ0n) is 5.05. The van der Waals surface area contributed by atoms with Gasteiger partial charge in [0.15, 0.2) is 0 Å². The van der Waals surface area contributed by atoms with Crippen LogP contribution in [0.25, 0.3) is 0 Å². The van der Waals surface area contributed by atoms with Crippen molar-refractivity contribution in [3.05, 3.63) is 0 Å². The number of hydrogen-bond acceptors (Lipinski definition) is 2. The van der Waals surface area contributed by atoms with Crippen LogP contribution in [0.4, 0.5) is 0 Å². The Balaban J connectivity index is 2.94. The first kappa shape index (κ1) is 8.55. The second-order valence-corrected chi connectivity index (χ2v) is 4.83. The zero-order chi connectivity index (χ0) is 6.41. The number of hydrogen-bond donors (Lipinski definition) is 0. The van der Waals surface area contributed by atoms with E-state index in [0.717, 1.165) is 11.7 Å². The normalized spacial score (nSPS) is 9.12. The van der Waals surface area contributed by atoms with E-state index in [1.54, 1.807) is 0 Å². The van der Waals surface area contributed by atoms with Crippen LogP contribution in [0.1, 0.15) is 26.2 Å². The maximum atomic E-state index is 10.3. The van der Waals surface area contributed by atoms with Crippen molar-refractivity contribution < 1.29 is 16.2 Å². The van der Waals surface area contributed by atoms with Crippen LogP contribution in [-0.4, -0.2) is 0 Å². The van der Waals surface area contributed by atoms with Crippen molar-refractivity contribution in [1.82, 2.24) is 0 Å². The van der Waals surface area contributed by atoms with Crippen LogP contribution in [0.3, 0.4) is 0 Å². The molecule has 49 valence electrons. The fourth-order valence-corrected chi connectivity index (χ4v) is 1.64. The Kier molecular flexibility index (Phi) is 6.08. The molecule has 3 heteroatoms. The molecule has 0 rings (SSSR count). The minimum absolute atomic E-state index is 0.795. The molecule has 0 aromatic carbocycles. The molecule has 0 radical (unpaired) electrons. The van der Waals surface area contributed by atoms with E-state index in [9.17, 15) is 3.80 Å². The molecule has 0 aliphatic carbocycles. The molecule has 0 aliphatic heterocycles. The van der Waals surface area contributed by atoms with Crippen molar-refractivity contribution in [3.63, 3.8) is 0 Å². The van der Waals surface area contributed by atoms with Gasteiger partial charge in [-0.1, -0.05) is 0 Å². The van der Waals surface area contributed by atoms with Gasteiger partial charge in [-0.15, -0.1) is 0 Å². The summed E-state index contributed by atoms with van der Waals surface area (Å²) < 4.78 is 10.3. The predicted octanol–water partition coefficient (Wildman–Crippen LogP) is 2.67. The van der Waals surface area contributed by atoms with E-state index >= 15 is 0 Å². The molecule has 0 aliphatic rings. The Morgan fingerprint density at radius 3 is 2.50 bits per heavy atom. The molecule has 0 unspecified atom stereocenters. The van der Waals surface area contributed by atoms with E-state index in [1.165, 1.54) is 12.8 Å². The fraction of sp³-hybridized carbons (Fsp3) is 1.00. The van der Waals surface area contributed by atoms with Gasteiger partial charge in [0, 0.05) is 0 Å². The van der Waals surface area contributed by atoms with E-state index in [0.29, 0.717) is 0 Å². The molecule has 0 heterocycles. The molecule has 0 saturated carbocycles. The monoisotopic (exact) mass is 171 g/mol. The van der Waals surface area contributed by atoms with Gasteiger partial charge in [0.1, 0.15) is 0 Å². The Bertz CT molecular complexity index is 101. The topological polar surface area (TPSA) is 17.1 Å². The van der Waals surface area contributed by atoms with E-state index in [1.807, 2.05) is 0 Å². The average molecular weight is 171 g/mol. The summed E-state index contributed by atoms with van der Waals surface area (Å²) in [6, 6.07) is 0. The van der Waals surface area contributed by atoms with Crippen LogP contribution in [0.5, 0.6) is 0 Å². The molecule has 0 fully saturated rings. The van der Waals surface area contributed by atoms with Gasteiger partial charge in [-0.2, -0.15) is 0 Å². The van der Waals surface area contributed by atoms with Gasteiger partial charge in [-0.05, 0) is 0 Å². The summed E-state index contributed by atoms with van der Waals surface area (Å²) in [5, 5.41) is 0.795. The molecule has 0 spiro atoms. The van der Waals surface area contributed by atoms with E-state index in [-0.39, 0.29) is 0 Å². The van der Waals surface area contributed by atoms with E-state index in [2.05, 4.69) is 17.4 Å². The first-order chi connectivity index (χ1) is 3.77. The summed E-state index contributed by atoms with van der Waals surface area (Å²) >= 11 is -1.76. The average Bonchev–Trinajstić information content (AvgIpc) is 1.66. The molecule has 0 saturated heterocycles. The Morgan fingerprint density at radius 2 is 2.12 bits per heavy atom. The predicted molar refractivity (Wildman–Crippen MR) is 32.6 cm³/mol. The molecule has 0 atom stereocenters. The Labute approximate surface area is 58.5 Å². The first-order valence-electron chi connectivity index (χ1n) is 2.83. The SMILES string of the molecule is CCCC[CH2][Cr](=[O])=[S]. The molecule has 0 aromatic heterocycles. The molecule has 8 heavy (non-hydrogen) atoms. The van der Waals surface area contributed by atoms with E-state index in [4.69, 9.17) is 0 Å². The summed E-state index contributed by atoms with van der Waals surface area (Å²) in [4.78, 5) is 0. The maximum absolute atomic E-state index is 10.3. The third kappa shape index (κ3) is 6.55. The van der Waals surface area contributed by atoms with Crippen molar-refractivity contribution in [3.8, 4) is 0 Å². The summed E-state index contributed by atoms with van der Waals surface area (Å²) in [6.07, 6.45) is 3.43. The number of unbranched alkanes of at least 4 members (excludes halogenated alkanes) is 2. The van der Waals surface area contributed by atoms with E-state index < -0.39 is 12.4 Å². The standard InChI is InChI=1S/C5H11.Cr.O.S/c1-3-5-4-2;;;/h1,3-5H2,2H3;;;. The van der Waals surface area contributed by atoms with Gasteiger partial charge < -0.3 is 0 Å². The quantitative estimate of drug-likeness (QED) is 0.605. The van der Waals surface area contributed by atoms with Crippen molar-refractivity contribution in [2.45, 2.75) is 31.5 Å². The fourth-order valence-electron chi connectivity index (χ4n) is 0.470. The first-order valence-corrected chi connectivity index (χ1v) is 6.15. The van der Waals surface area contributed by atoms with Crippen molar-refractivity contribution in [2.75, 3.05) is 0 Å². The van der Waals surface area contributed by atoms with Crippen LogP contribution in [0.15, 0.2) is 0 Å². The molecule has 0 N–H and O–H groups in total. The van der Waals surface area contributed by atoms with Gasteiger partial charge >= 0.3 is 58.2 Å². The van der Waals surface area contributed by atoms with Crippen molar-refractivity contribution >= 4 is 10.5 Å². The molecule has 0 aromatic rings. The second kappa shape index (κ2) is 5.68. The molecular formula is C5H11CrOS. The molecule has 0 amide bonds. The second-order valence-electron chi connectivity index (χ2n) is 1.71. The summed E-state index contributed by atoms with van der Waals surface area (Å²) in [6.45, 7) is 2.13. The van der Waals surface area contributed by atoms with Crippen LogP contribution < -0.4 is 0 Å². The van der Waals surface area contributed by atoms with Crippen molar-refractivity contribution in [2.24, 2.45) is 0 Å². The van der Waals surface area contributed by atoms with Gasteiger partial charge in [0.2, 0.25) is 0 Å². The molecular weight excluding hydrogens is 160 g/mol. The Morgan fingerprint density at radius 1 is 1.50 bits per heavy atom. The van der Waals surface area contributed by atoms with Crippen LogP contribution in [-0.2, 0) is 16.2 Å². The molecule has 1 nitrogen and oxygen atoms in total. The van der Waals surface area contributed by atoms with Gasteiger partial charge in [0.05, 0.1) is 0 Å². The molecule has 0 bridgehead atoms. The third-order valence-corrected chi connectivity index (χ3v) is 2.57. The van der Waals surface area contributed by atoms with Crippen molar-refractivity contribution in [1.29, 1.82) is 0 Å². The minimum atomic E-state index is -1.76. The van der Waals surface area contributed by atoms with Crippen LogP contribution >= 0.6 is 10.5 Å². The van der Waals surface area contributed by atoms with Gasteiger partial charge in [0.25, 0.3) is 0 Å². The Hall–Kier alpha value is 0.552. The summed E-state index contributed by atoms with van der Waals surface area (Å²) in [5.41, 5.74) is 0.